The second-order valence-corrected chi connectivity index (χ2v) is 4.67. The molecule has 3 heteroatoms. The van der Waals surface area contributed by atoms with Crippen LogP contribution >= 0.6 is 11.8 Å². The van der Waals surface area contributed by atoms with E-state index in [0.717, 1.165) is 24.5 Å². The van der Waals surface area contributed by atoms with Gasteiger partial charge in [0.1, 0.15) is 11.5 Å². The average molecular weight is 227 g/mol. The summed E-state index contributed by atoms with van der Waals surface area (Å²) in [6.07, 6.45) is 4.33. The van der Waals surface area contributed by atoms with Crippen LogP contribution in [-0.4, -0.2) is 18.6 Å². The summed E-state index contributed by atoms with van der Waals surface area (Å²) in [6, 6.07) is 4.47. The minimum Gasteiger partial charge on any atom is -0.464 e. The summed E-state index contributed by atoms with van der Waals surface area (Å²) in [6.45, 7) is 5.32. The zero-order valence-electron chi connectivity index (χ0n) is 9.88. The van der Waals surface area contributed by atoms with Gasteiger partial charge in [0.25, 0.3) is 0 Å². The second kappa shape index (κ2) is 6.96. The lowest BCUT2D eigenvalue weighted by molar-refractivity contribution is 0.409. The zero-order valence-corrected chi connectivity index (χ0v) is 10.7. The van der Waals surface area contributed by atoms with E-state index in [2.05, 4.69) is 37.6 Å². The second-order valence-electron chi connectivity index (χ2n) is 3.68. The third-order valence-electron chi connectivity index (χ3n) is 2.43. The van der Waals surface area contributed by atoms with Gasteiger partial charge in [-0.1, -0.05) is 6.92 Å². The van der Waals surface area contributed by atoms with Gasteiger partial charge in [-0.15, -0.1) is 0 Å². The van der Waals surface area contributed by atoms with Crippen LogP contribution in [0.25, 0.3) is 0 Å². The van der Waals surface area contributed by atoms with Crippen LogP contribution < -0.4 is 5.32 Å². The largest absolute Gasteiger partial charge is 0.464 e. The number of nitrogens with one attached hydrogen (secondary N) is 1. The van der Waals surface area contributed by atoms with Gasteiger partial charge in [0.2, 0.25) is 0 Å². The molecule has 1 unspecified atom stereocenters. The highest BCUT2D eigenvalue weighted by atomic mass is 32.2. The maximum absolute atomic E-state index is 5.68. The molecular formula is C12H21NOS. The molecule has 1 aromatic heterocycles. The highest BCUT2D eigenvalue weighted by Gasteiger charge is 2.08. The fourth-order valence-electron chi connectivity index (χ4n) is 1.45. The van der Waals surface area contributed by atoms with Crippen molar-refractivity contribution in [2.75, 3.05) is 18.6 Å². The summed E-state index contributed by atoms with van der Waals surface area (Å²) < 4.78 is 5.68. The Morgan fingerprint density at radius 3 is 2.87 bits per heavy atom. The van der Waals surface area contributed by atoms with Crippen molar-refractivity contribution in [3.05, 3.63) is 23.7 Å². The van der Waals surface area contributed by atoms with Crippen molar-refractivity contribution in [2.24, 2.45) is 0 Å². The van der Waals surface area contributed by atoms with E-state index in [1.165, 1.54) is 12.2 Å². The molecule has 0 saturated heterocycles. The van der Waals surface area contributed by atoms with Crippen molar-refractivity contribution in [3.8, 4) is 0 Å². The van der Waals surface area contributed by atoms with E-state index in [1.807, 2.05) is 11.8 Å². The molecule has 15 heavy (non-hydrogen) atoms. The molecule has 0 aliphatic heterocycles. The molecule has 1 heterocycles. The molecule has 1 aromatic rings. The van der Waals surface area contributed by atoms with E-state index in [4.69, 9.17) is 4.42 Å². The van der Waals surface area contributed by atoms with E-state index in [-0.39, 0.29) is 0 Å². The average Bonchev–Trinajstić information content (AvgIpc) is 2.72. The summed E-state index contributed by atoms with van der Waals surface area (Å²) in [7, 11) is 0. The molecule has 0 bridgehead atoms. The standard InChI is InChI=1S/C12H21NOS/c1-4-11-6-7-12(14-11)10(2)13-8-5-9-15-3/h6-7,10,13H,4-5,8-9H2,1-3H3. The van der Waals surface area contributed by atoms with Crippen molar-refractivity contribution >= 4 is 11.8 Å². The molecular weight excluding hydrogens is 206 g/mol. The van der Waals surface area contributed by atoms with Crippen LogP contribution in [0.15, 0.2) is 16.5 Å². The molecule has 0 fully saturated rings. The number of aryl methyl sites for hydroxylation is 1. The fourth-order valence-corrected chi connectivity index (χ4v) is 1.89. The molecule has 2 nitrogen and oxygen atoms in total. The van der Waals surface area contributed by atoms with Crippen LogP contribution in [0, 0.1) is 0 Å². The molecule has 0 aliphatic carbocycles. The van der Waals surface area contributed by atoms with E-state index < -0.39 is 0 Å². The molecule has 0 saturated carbocycles. The van der Waals surface area contributed by atoms with Crippen molar-refractivity contribution in [1.29, 1.82) is 0 Å². The van der Waals surface area contributed by atoms with Crippen LogP contribution in [0.5, 0.6) is 0 Å². The molecule has 0 spiro atoms. The monoisotopic (exact) mass is 227 g/mol. The Morgan fingerprint density at radius 2 is 2.27 bits per heavy atom. The van der Waals surface area contributed by atoms with Crippen molar-refractivity contribution in [1.82, 2.24) is 5.32 Å². The van der Waals surface area contributed by atoms with E-state index in [1.54, 1.807) is 0 Å². The molecule has 1 N–H and O–H groups in total. The molecule has 0 aromatic carbocycles. The third kappa shape index (κ3) is 4.31. The Hall–Kier alpha value is -0.410. The highest BCUT2D eigenvalue weighted by Crippen LogP contribution is 2.16. The molecule has 86 valence electrons. The number of hydrogen-bond acceptors (Lipinski definition) is 3. The van der Waals surface area contributed by atoms with Crippen LogP contribution in [-0.2, 0) is 6.42 Å². The smallest absolute Gasteiger partial charge is 0.120 e. The quantitative estimate of drug-likeness (QED) is 0.724. The summed E-state index contributed by atoms with van der Waals surface area (Å²) in [4.78, 5) is 0. The maximum atomic E-state index is 5.68. The minimum atomic E-state index is 0.326. The molecule has 1 atom stereocenters. The van der Waals surface area contributed by atoms with Gasteiger partial charge < -0.3 is 9.73 Å². The van der Waals surface area contributed by atoms with Crippen LogP contribution in [0.4, 0.5) is 0 Å². The number of furan rings is 1. The van der Waals surface area contributed by atoms with Crippen LogP contribution in [0.1, 0.15) is 37.8 Å². The molecule has 0 aliphatic rings. The Bertz CT molecular complexity index is 272. The predicted octanol–water partition coefficient (Wildman–Crippen LogP) is 3.25. The summed E-state index contributed by atoms with van der Waals surface area (Å²) in [5.74, 6) is 3.34. The number of hydrogen-bond donors (Lipinski definition) is 1. The normalized spacial score (nSPS) is 13.0. The minimum absolute atomic E-state index is 0.326. The van der Waals surface area contributed by atoms with Crippen LogP contribution in [0.3, 0.4) is 0 Å². The Labute approximate surface area is 96.8 Å². The van der Waals surface area contributed by atoms with Gasteiger partial charge in [-0.2, -0.15) is 11.8 Å². The summed E-state index contributed by atoms with van der Waals surface area (Å²) in [5, 5.41) is 3.46. The predicted molar refractivity (Wildman–Crippen MR) is 67.5 cm³/mol. The maximum Gasteiger partial charge on any atom is 0.120 e. The van der Waals surface area contributed by atoms with Gasteiger partial charge in [0.05, 0.1) is 6.04 Å². The zero-order chi connectivity index (χ0) is 11.1. The Morgan fingerprint density at radius 1 is 1.47 bits per heavy atom. The topological polar surface area (TPSA) is 25.2 Å². The molecule has 0 radical (unpaired) electrons. The van der Waals surface area contributed by atoms with E-state index >= 15 is 0 Å². The van der Waals surface area contributed by atoms with Gasteiger partial charge >= 0.3 is 0 Å². The first-order chi connectivity index (χ1) is 7.27. The van der Waals surface area contributed by atoms with E-state index in [0.29, 0.717) is 6.04 Å². The third-order valence-corrected chi connectivity index (χ3v) is 3.13. The fraction of sp³-hybridized carbons (Fsp3) is 0.667. The lowest BCUT2D eigenvalue weighted by atomic mass is 10.2. The van der Waals surface area contributed by atoms with Crippen molar-refractivity contribution in [3.63, 3.8) is 0 Å². The molecule has 1 rings (SSSR count). The van der Waals surface area contributed by atoms with Crippen molar-refractivity contribution in [2.45, 2.75) is 32.7 Å². The van der Waals surface area contributed by atoms with Gasteiger partial charge in [-0.3, -0.25) is 0 Å². The van der Waals surface area contributed by atoms with Gasteiger partial charge in [-0.25, -0.2) is 0 Å². The highest BCUT2D eigenvalue weighted by molar-refractivity contribution is 7.98. The van der Waals surface area contributed by atoms with Gasteiger partial charge in [0, 0.05) is 6.42 Å². The first kappa shape index (κ1) is 12.7. The summed E-state index contributed by atoms with van der Waals surface area (Å²) >= 11 is 1.89. The lowest BCUT2D eigenvalue weighted by Crippen LogP contribution is -2.19. The lowest BCUT2D eigenvalue weighted by Gasteiger charge is -2.10. The van der Waals surface area contributed by atoms with Crippen LogP contribution in [0.2, 0.25) is 0 Å². The Kier molecular flexibility index (Phi) is 5.88. The first-order valence-corrected chi connectivity index (χ1v) is 6.98. The summed E-state index contributed by atoms with van der Waals surface area (Å²) in [5.41, 5.74) is 0. The van der Waals surface area contributed by atoms with E-state index in [9.17, 15) is 0 Å². The van der Waals surface area contributed by atoms with Crippen molar-refractivity contribution < 1.29 is 4.42 Å². The molecule has 0 amide bonds. The van der Waals surface area contributed by atoms with Gasteiger partial charge in [-0.05, 0) is 44.0 Å². The van der Waals surface area contributed by atoms with Gasteiger partial charge in [0.15, 0.2) is 0 Å². The number of rotatable bonds is 7. The number of thioether (sulfide) groups is 1. The first-order valence-electron chi connectivity index (χ1n) is 5.58. The Balaban J connectivity index is 2.29. The SMILES string of the molecule is CCc1ccc(C(C)NCCCSC)o1.